The maximum atomic E-state index is 7.41. The summed E-state index contributed by atoms with van der Waals surface area (Å²) in [5.41, 5.74) is 5.48. The van der Waals surface area contributed by atoms with Crippen molar-refractivity contribution in [3.63, 3.8) is 0 Å². The SMILES string of the molecule is COCCCN(CCOC)C(C)C(=N)N. The van der Waals surface area contributed by atoms with E-state index in [0.717, 1.165) is 26.1 Å². The van der Waals surface area contributed by atoms with Gasteiger partial charge in [-0.1, -0.05) is 0 Å². The van der Waals surface area contributed by atoms with Crippen molar-refractivity contribution in [2.24, 2.45) is 5.73 Å². The molecule has 0 bridgehead atoms. The molecule has 0 aromatic heterocycles. The first-order valence-corrected chi connectivity index (χ1v) is 5.19. The van der Waals surface area contributed by atoms with Crippen LogP contribution in [0, 0.1) is 5.41 Å². The van der Waals surface area contributed by atoms with E-state index in [1.54, 1.807) is 14.2 Å². The number of nitrogens with zero attached hydrogens (tertiary/aromatic N) is 1. The lowest BCUT2D eigenvalue weighted by molar-refractivity contribution is 0.125. The molecule has 0 saturated heterocycles. The van der Waals surface area contributed by atoms with Crippen molar-refractivity contribution in [3.8, 4) is 0 Å². The predicted molar refractivity (Wildman–Crippen MR) is 61.3 cm³/mol. The Morgan fingerprint density at radius 3 is 2.33 bits per heavy atom. The molecule has 0 heterocycles. The van der Waals surface area contributed by atoms with Gasteiger partial charge in [0.2, 0.25) is 0 Å². The summed E-state index contributed by atoms with van der Waals surface area (Å²) in [6.07, 6.45) is 0.942. The zero-order valence-electron chi connectivity index (χ0n) is 9.95. The summed E-state index contributed by atoms with van der Waals surface area (Å²) >= 11 is 0. The highest BCUT2D eigenvalue weighted by Gasteiger charge is 2.15. The van der Waals surface area contributed by atoms with Gasteiger partial charge in [0, 0.05) is 33.9 Å². The van der Waals surface area contributed by atoms with E-state index in [4.69, 9.17) is 20.6 Å². The molecule has 0 radical (unpaired) electrons. The maximum Gasteiger partial charge on any atom is 0.108 e. The van der Waals surface area contributed by atoms with Gasteiger partial charge in [0.05, 0.1) is 12.6 Å². The molecule has 0 rings (SSSR count). The molecule has 0 saturated carbocycles. The van der Waals surface area contributed by atoms with Crippen LogP contribution < -0.4 is 5.73 Å². The summed E-state index contributed by atoms with van der Waals surface area (Å²) < 4.78 is 10.0. The zero-order valence-corrected chi connectivity index (χ0v) is 9.95. The van der Waals surface area contributed by atoms with Crippen molar-refractivity contribution in [1.82, 2.24) is 4.90 Å². The molecule has 0 aliphatic heterocycles. The lowest BCUT2D eigenvalue weighted by Crippen LogP contribution is -2.44. The van der Waals surface area contributed by atoms with Crippen LogP contribution >= 0.6 is 0 Å². The Labute approximate surface area is 92.0 Å². The van der Waals surface area contributed by atoms with Gasteiger partial charge in [-0.2, -0.15) is 0 Å². The number of ether oxygens (including phenoxy) is 2. The normalized spacial score (nSPS) is 13.1. The third-order valence-corrected chi connectivity index (χ3v) is 2.37. The molecule has 0 amide bonds. The molecule has 0 fully saturated rings. The molecule has 1 unspecified atom stereocenters. The monoisotopic (exact) mass is 217 g/mol. The predicted octanol–water partition coefficient (Wildman–Crippen LogP) is 0.296. The summed E-state index contributed by atoms with van der Waals surface area (Å²) in [6, 6.07) is -0.0305. The second kappa shape index (κ2) is 8.64. The zero-order chi connectivity index (χ0) is 11.7. The molecule has 5 nitrogen and oxygen atoms in total. The van der Waals surface area contributed by atoms with Crippen LogP contribution in [0.2, 0.25) is 0 Å². The third kappa shape index (κ3) is 6.43. The summed E-state index contributed by atoms with van der Waals surface area (Å²) in [5, 5.41) is 7.41. The van der Waals surface area contributed by atoms with Crippen LogP contribution in [0.3, 0.4) is 0 Å². The van der Waals surface area contributed by atoms with Crippen molar-refractivity contribution in [3.05, 3.63) is 0 Å². The second-order valence-electron chi connectivity index (χ2n) is 3.51. The number of nitrogens with one attached hydrogen (secondary N) is 1. The Balaban J connectivity index is 3.99. The van der Waals surface area contributed by atoms with Gasteiger partial charge < -0.3 is 15.2 Å². The average molecular weight is 217 g/mol. The molecule has 0 spiro atoms. The minimum atomic E-state index is -0.0305. The average Bonchev–Trinajstić information content (AvgIpc) is 2.22. The van der Waals surface area contributed by atoms with E-state index < -0.39 is 0 Å². The van der Waals surface area contributed by atoms with Gasteiger partial charge >= 0.3 is 0 Å². The minimum Gasteiger partial charge on any atom is -0.386 e. The quantitative estimate of drug-likeness (QED) is 0.331. The van der Waals surface area contributed by atoms with Crippen molar-refractivity contribution in [1.29, 1.82) is 5.41 Å². The van der Waals surface area contributed by atoms with Crippen LogP contribution in [-0.2, 0) is 9.47 Å². The van der Waals surface area contributed by atoms with Crippen LogP contribution in [0.5, 0.6) is 0 Å². The van der Waals surface area contributed by atoms with Gasteiger partial charge in [-0.3, -0.25) is 10.3 Å². The Bertz CT molecular complexity index is 176. The van der Waals surface area contributed by atoms with E-state index in [2.05, 4.69) is 4.90 Å². The molecule has 15 heavy (non-hydrogen) atoms. The van der Waals surface area contributed by atoms with Gasteiger partial charge in [0.1, 0.15) is 5.84 Å². The standard InChI is InChI=1S/C10H23N3O2/c1-9(10(11)12)13(6-8-15-3)5-4-7-14-2/h9H,4-8H2,1-3H3,(H3,11,12). The Morgan fingerprint density at radius 1 is 1.27 bits per heavy atom. The summed E-state index contributed by atoms with van der Waals surface area (Å²) in [7, 11) is 3.36. The van der Waals surface area contributed by atoms with Crippen molar-refractivity contribution in [2.75, 3.05) is 40.5 Å². The highest BCUT2D eigenvalue weighted by Crippen LogP contribution is 2.00. The molecule has 0 aliphatic carbocycles. The number of hydrogen-bond acceptors (Lipinski definition) is 4. The van der Waals surface area contributed by atoms with Crippen LogP contribution in [0.25, 0.3) is 0 Å². The first-order valence-electron chi connectivity index (χ1n) is 5.19. The molecule has 0 aliphatic rings. The fourth-order valence-electron chi connectivity index (χ4n) is 1.32. The molecule has 3 N–H and O–H groups in total. The van der Waals surface area contributed by atoms with Gasteiger partial charge in [0.15, 0.2) is 0 Å². The molecular formula is C10H23N3O2. The summed E-state index contributed by atoms with van der Waals surface area (Å²) in [6.45, 7) is 4.99. The topological polar surface area (TPSA) is 71.6 Å². The van der Waals surface area contributed by atoms with Gasteiger partial charge in [0.25, 0.3) is 0 Å². The number of hydrogen-bond donors (Lipinski definition) is 2. The highest BCUT2D eigenvalue weighted by atomic mass is 16.5. The van der Waals surface area contributed by atoms with Crippen LogP contribution in [-0.4, -0.2) is 57.3 Å². The molecule has 90 valence electrons. The van der Waals surface area contributed by atoms with E-state index in [9.17, 15) is 0 Å². The van der Waals surface area contributed by atoms with E-state index in [-0.39, 0.29) is 11.9 Å². The van der Waals surface area contributed by atoms with E-state index in [0.29, 0.717) is 6.61 Å². The van der Waals surface area contributed by atoms with E-state index in [1.807, 2.05) is 6.92 Å². The van der Waals surface area contributed by atoms with Crippen molar-refractivity contribution in [2.45, 2.75) is 19.4 Å². The van der Waals surface area contributed by atoms with Crippen LogP contribution in [0.1, 0.15) is 13.3 Å². The number of methoxy groups -OCH3 is 2. The summed E-state index contributed by atoms with van der Waals surface area (Å²) in [4.78, 5) is 2.13. The van der Waals surface area contributed by atoms with Gasteiger partial charge in [-0.05, 0) is 13.3 Å². The van der Waals surface area contributed by atoms with Crippen molar-refractivity contribution < 1.29 is 9.47 Å². The fourth-order valence-corrected chi connectivity index (χ4v) is 1.32. The smallest absolute Gasteiger partial charge is 0.108 e. The number of rotatable bonds is 9. The first-order chi connectivity index (χ1) is 7.13. The molecular weight excluding hydrogens is 194 g/mol. The van der Waals surface area contributed by atoms with Crippen molar-refractivity contribution >= 4 is 5.84 Å². The first kappa shape index (κ1) is 14.3. The number of nitrogens with two attached hydrogens (primary N) is 1. The second-order valence-corrected chi connectivity index (χ2v) is 3.51. The lowest BCUT2D eigenvalue weighted by atomic mass is 10.2. The van der Waals surface area contributed by atoms with Gasteiger partial charge in [-0.25, -0.2) is 0 Å². The van der Waals surface area contributed by atoms with Gasteiger partial charge in [-0.15, -0.1) is 0 Å². The lowest BCUT2D eigenvalue weighted by Gasteiger charge is -2.27. The maximum absolute atomic E-state index is 7.41. The van der Waals surface area contributed by atoms with E-state index in [1.165, 1.54) is 0 Å². The molecule has 1 atom stereocenters. The minimum absolute atomic E-state index is 0.0305. The van der Waals surface area contributed by atoms with Crippen LogP contribution in [0.15, 0.2) is 0 Å². The Morgan fingerprint density at radius 2 is 1.87 bits per heavy atom. The van der Waals surface area contributed by atoms with E-state index >= 15 is 0 Å². The highest BCUT2D eigenvalue weighted by molar-refractivity contribution is 5.82. The Hall–Kier alpha value is -0.650. The fraction of sp³-hybridized carbons (Fsp3) is 0.900. The largest absolute Gasteiger partial charge is 0.386 e. The third-order valence-electron chi connectivity index (χ3n) is 2.37. The number of amidine groups is 1. The molecule has 0 aromatic rings. The summed E-state index contributed by atoms with van der Waals surface area (Å²) in [5.74, 6) is 0.198. The Kier molecular flexibility index (Phi) is 8.27. The molecule has 0 aromatic carbocycles. The van der Waals surface area contributed by atoms with Crippen LogP contribution in [0.4, 0.5) is 0 Å². The molecule has 5 heteroatoms.